The van der Waals surface area contributed by atoms with Crippen molar-refractivity contribution >= 4 is 10.9 Å². The van der Waals surface area contributed by atoms with E-state index in [0.29, 0.717) is 6.04 Å². The van der Waals surface area contributed by atoms with Crippen LogP contribution in [0.5, 0.6) is 0 Å². The van der Waals surface area contributed by atoms with Gasteiger partial charge in [-0.1, -0.05) is 12.1 Å². The van der Waals surface area contributed by atoms with E-state index in [2.05, 4.69) is 48.3 Å². The Bertz CT molecular complexity index is 498. The summed E-state index contributed by atoms with van der Waals surface area (Å²) in [6.07, 6.45) is 3.32. The maximum Gasteiger partial charge on any atom is 0.0460 e. The Morgan fingerprint density at radius 2 is 2.27 bits per heavy atom. The van der Waals surface area contributed by atoms with E-state index in [9.17, 15) is 0 Å². The summed E-state index contributed by atoms with van der Waals surface area (Å²) in [5.41, 5.74) is 4.21. The van der Waals surface area contributed by atoms with Gasteiger partial charge in [-0.2, -0.15) is 0 Å². The fourth-order valence-corrected chi connectivity index (χ4v) is 2.56. The van der Waals surface area contributed by atoms with Gasteiger partial charge in [-0.25, -0.2) is 0 Å². The van der Waals surface area contributed by atoms with E-state index in [1.807, 2.05) is 0 Å². The van der Waals surface area contributed by atoms with Gasteiger partial charge in [0, 0.05) is 29.7 Å². The maximum atomic E-state index is 3.36. The van der Waals surface area contributed by atoms with Gasteiger partial charge in [0.25, 0.3) is 0 Å². The molecule has 0 bridgehead atoms. The number of hydrogen-bond donors (Lipinski definition) is 1. The Morgan fingerprint density at radius 3 is 3.13 bits per heavy atom. The van der Waals surface area contributed by atoms with Gasteiger partial charge in [0.15, 0.2) is 0 Å². The molecule has 1 aromatic carbocycles. The standard InChI is InChI=1S/C13H16N2/c1-9-11-4-3-5-12-13(11)10(8-14-12)6-7-15(9)2/h3-5,8-9,14H,6-7H2,1-2H3/t9-/m0/s1. The summed E-state index contributed by atoms with van der Waals surface area (Å²) in [5, 5.41) is 1.45. The molecule has 0 aliphatic carbocycles. The van der Waals surface area contributed by atoms with Crippen LogP contribution < -0.4 is 0 Å². The molecule has 1 N–H and O–H groups in total. The fourth-order valence-electron chi connectivity index (χ4n) is 2.56. The molecule has 0 fully saturated rings. The van der Waals surface area contributed by atoms with Crippen molar-refractivity contribution in [3.63, 3.8) is 0 Å². The van der Waals surface area contributed by atoms with Gasteiger partial charge in [-0.15, -0.1) is 0 Å². The summed E-state index contributed by atoms with van der Waals surface area (Å²) < 4.78 is 0. The zero-order chi connectivity index (χ0) is 10.4. The van der Waals surface area contributed by atoms with Crippen LogP contribution in [0.25, 0.3) is 10.9 Å². The first-order valence-electron chi connectivity index (χ1n) is 5.56. The van der Waals surface area contributed by atoms with Crippen molar-refractivity contribution in [3.8, 4) is 0 Å². The van der Waals surface area contributed by atoms with Crippen LogP contribution in [-0.2, 0) is 6.42 Å². The molecule has 2 heteroatoms. The molecule has 2 nitrogen and oxygen atoms in total. The monoisotopic (exact) mass is 200 g/mol. The Labute approximate surface area is 89.9 Å². The summed E-state index contributed by atoms with van der Waals surface area (Å²) in [6.45, 7) is 3.43. The summed E-state index contributed by atoms with van der Waals surface area (Å²) in [4.78, 5) is 5.79. The zero-order valence-corrected chi connectivity index (χ0v) is 9.25. The molecule has 0 saturated carbocycles. The van der Waals surface area contributed by atoms with Crippen LogP contribution in [0.2, 0.25) is 0 Å². The van der Waals surface area contributed by atoms with E-state index in [4.69, 9.17) is 0 Å². The number of hydrogen-bond acceptors (Lipinski definition) is 1. The highest BCUT2D eigenvalue weighted by Gasteiger charge is 2.20. The zero-order valence-electron chi connectivity index (χ0n) is 9.25. The minimum atomic E-state index is 0.519. The van der Waals surface area contributed by atoms with E-state index in [1.165, 1.54) is 22.0 Å². The van der Waals surface area contributed by atoms with Gasteiger partial charge in [0.05, 0.1) is 0 Å². The molecular weight excluding hydrogens is 184 g/mol. The van der Waals surface area contributed by atoms with Crippen molar-refractivity contribution in [3.05, 3.63) is 35.5 Å². The van der Waals surface area contributed by atoms with Crippen LogP contribution in [0.1, 0.15) is 24.1 Å². The molecule has 2 heterocycles. The van der Waals surface area contributed by atoms with Crippen LogP contribution >= 0.6 is 0 Å². The van der Waals surface area contributed by atoms with Gasteiger partial charge in [-0.3, -0.25) is 4.90 Å². The maximum absolute atomic E-state index is 3.36. The van der Waals surface area contributed by atoms with Gasteiger partial charge in [-0.05, 0) is 37.6 Å². The van der Waals surface area contributed by atoms with Gasteiger partial charge >= 0.3 is 0 Å². The molecule has 1 atom stereocenters. The molecule has 2 aromatic rings. The minimum absolute atomic E-state index is 0.519. The van der Waals surface area contributed by atoms with Crippen molar-refractivity contribution in [2.75, 3.05) is 13.6 Å². The highest BCUT2D eigenvalue weighted by molar-refractivity contribution is 5.87. The highest BCUT2D eigenvalue weighted by atomic mass is 15.1. The highest BCUT2D eigenvalue weighted by Crippen LogP contribution is 2.32. The Hall–Kier alpha value is -1.28. The molecule has 1 aliphatic heterocycles. The first kappa shape index (κ1) is 8.98. The lowest BCUT2D eigenvalue weighted by Gasteiger charge is -2.22. The lowest BCUT2D eigenvalue weighted by Crippen LogP contribution is -2.22. The molecule has 0 spiro atoms. The van der Waals surface area contributed by atoms with Gasteiger partial charge < -0.3 is 4.98 Å². The van der Waals surface area contributed by atoms with Crippen molar-refractivity contribution < 1.29 is 0 Å². The molecule has 3 rings (SSSR count). The smallest absolute Gasteiger partial charge is 0.0460 e. The number of likely N-dealkylation sites (N-methyl/N-ethyl adjacent to an activating group) is 1. The van der Waals surface area contributed by atoms with Crippen LogP contribution in [-0.4, -0.2) is 23.5 Å². The minimum Gasteiger partial charge on any atom is -0.361 e. The SMILES string of the molecule is C[C@H]1c2cccc3[nH]cc(c23)CCN1C. The molecule has 0 saturated heterocycles. The second kappa shape index (κ2) is 3.11. The van der Waals surface area contributed by atoms with Crippen molar-refractivity contribution in [2.24, 2.45) is 0 Å². The molecule has 1 aromatic heterocycles. The summed E-state index contributed by atoms with van der Waals surface area (Å²) in [7, 11) is 2.21. The Balaban J connectivity index is 2.33. The predicted molar refractivity (Wildman–Crippen MR) is 63.0 cm³/mol. The largest absolute Gasteiger partial charge is 0.361 e. The van der Waals surface area contributed by atoms with Crippen LogP contribution in [0.4, 0.5) is 0 Å². The molecule has 78 valence electrons. The first-order chi connectivity index (χ1) is 7.27. The average Bonchev–Trinajstić information content (AvgIpc) is 2.62. The van der Waals surface area contributed by atoms with E-state index in [-0.39, 0.29) is 0 Å². The topological polar surface area (TPSA) is 19.0 Å². The molecule has 1 aliphatic rings. The number of benzene rings is 1. The third-order valence-electron chi connectivity index (χ3n) is 3.66. The normalized spacial score (nSPS) is 21.9. The second-order valence-electron chi connectivity index (χ2n) is 4.49. The van der Waals surface area contributed by atoms with Crippen LogP contribution in [0, 0.1) is 0 Å². The Morgan fingerprint density at radius 1 is 1.40 bits per heavy atom. The van der Waals surface area contributed by atoms with E-state index >= 15 is 0 Å². The summed E-state index contributed by atoms with van der Waals surface area (Å²) >= 11 is 0. The second-order valence-corrected chi connectivity index (χ2v) is 4.49. The van der Waals surface area contributed by atoms with E-state index < -0.39 is 0 Å². The molecule has 0 amide bonds. The van der Waals surface area contributed by atoms with Gasteiger partial charge in [0.2, 0.25) is 0 Å². The number of aromatic amines is 1. The number of nitrogens with zero attached hydrogens (tertiary/aromatic N) is 1. The van der Waals surface area contributed by atoms with Crippen molar-refractivity contribution in [1.82, 2.24) is 9.88 Å². The lowest BCUT2D eigenvalue weighted by molar-refractivity contribution is 0.270. The number of rotatable bonds is 0. The van der Waals surface area contributed by atoms with E-state index in [0.717, 1.165) is 13.0 Å². The fraction of sp³-hybridized carbons (Fsp3) is 0.385. The Kier molecular flexibility index (Phi) is 1.86. The van der Waals surface area contributed by atoms with Crippen LogP contribution in [0.3, 0.4) is 0 Å². The summed E-state index contributed by atoms with van der Waals surface area (Å²) in [6, 6.07) is 7.09. The van der Waals surface area contributed by atoms with Crippen molar-refractivity contribution in [1.29, 1.82) is 0 Å². The molecule has 0 unspecified atom stereocenters. The molecular formula is C13H16N2. The number of aromatic nitrogens is 1. The quantitative estimate of drug-likeness (QED) is 0.692. The van der Waals surface area contributed by atoms with Crippen LogP contribution in [0.15, 0.2) is 24.4 Å². The summed E-state index contributed by atoms with van der Waals surface area (Å²) in [5.74, 6) is 0. The van der Waals surface area contributed by atoms with E-state index in [1.54, 1.807) is 0 Å². The number of H-pyrrole nitrogens is 1. The number of nitrogens with one attached hydrogen (secondary N) is 1. The average molecular weight is 200 g/mol. The first-order valence-corrected chi connectivity index (χ1v) is 5.56. The predicted octanol–water partition coefficient (Wildman–Crippen LogP) is 2.72. The lowest BCUT2D eigenvalue weighted by atomic mass is 10.0. The third-order valence-corrected chi connectivity index (χ3v) is 3.66. The van der Waals surface area contributed by atoms with Gasteiger partial charge in [0.1, 0.15) is 0 Å². The van der Waals surface area contributed by atoms with Crippen molar-refractivity contribution in [2.45, 2.75) is 19.4 Å². The molecule has 0 radical (unpaired) electrons. The third kappa shape index (κ3) is 1.21. The molecule has 15 heavy (non-hydrogen) atoms.